The van der Waals surface area contributed by atoms with Crippen molar-refractivity contribution in [2.75, 3.05) is 19.0 Å². The molecule has 3 aromatic carbocycles. The standard InChI is InChI=1S/C27H30N2O3/c1-3-4-10-17-32-24-16-15-21(18-25(24)31-2)26-28-23-14-9-8-13-22(23)27(30)29(26)19-20-11-6-5-7-12-20/h5-9,11-16,18,26,28H,3-4,10,17,19H2,1-2H3. The van der Waals surface area contributed by atoms with E-state index in [4.69, 9.17) is 9.47 Å². The van der Waals surface area contributed by atoms with Crippen LogP contribution >= 0.6 is 0 Å². The minimum Gasteiger partial charge on any atom is -0.493 e. The Bertz CT molecular complexity index is 1050. The van der Waals surface area contributed by atoms with Crippen molar-refractivity contribution < 1.29 is 14.3 Å². The van der Waals surface area contributed by atoms with Gasteiger partial charge in [0.25, 0.3) is 5.91 Å². The number of ether oxygens (including phenoxy) is 2. The zero-order valence-corrected chi connectivity index (χ0v) is 18.7. The van der Waals surface area contributed by atoms with E-state index in [9.17, 15) is 4.79 Å². The highest BCUT2D eigenvalue weighted by Gasteiger charge is 2.33. The molecule has 0 fully saturated rings. The number of hydrogen-bond acceptors (Lipinski definition) is 4. The Morgan fingerprint density at radius 3 is 2.50 bits per heavy atom. The van der Waals surface area contributed by atoms with Crippen LogP contribution in [-0.4, -0.2) is 24.5 Å². The largest absolute Gasteiger partial charge is 0.493 e. The van der Waals surface area contributed by atoms with E-state index in [2.05, 4.69) is 12.2 Å². The highest BCUT2D eigenvalue weighted by atomic mass is 16.5. The maximum Gasteiger partial charge on any atom is 0.258 e. The van der Waals surface area contributed by atoms with Crippen LogP contribution in [0.5, 0.6) is 11.5 Å². The second-order valence-corrected chi connectivity index (χ2v) is 7.98. The molecule has 1 aliphatic heterocycles. The fourth-order valence-electron chi connectivity index (χ4n) is 4.01. The molecule has 5 nitrogen and oxygen atoms in total. The van der Waals surface area contributed by atoms with Gasteiger partial charge in [0.05, 0.1) is 19.3 Å². The van der Waals surface area contributed by atoms with Crippen LogP contribution in [0.4, 0.5) is 5.69 Å². The predicted molar refractivity (Wildman–Crippen MR) is 127 cm³/mol. The molecule has 0 saturated heterocycles. The van der Waals surface area contributed by atoms with Gasteiger partial charge < -0.3 is 19.7 Å². The highest BCUT2D eigenvalue weighted by molar-refractivity contribution is 6.01. The SMILES string of the molecule is CCCCCOc1ccc(C2Nc3ccccc3C(=O)N2Cc2ccccc2)cc1OC. The van der Waals surface area contributed by atoms with Crippen molar-refractivity contribution in [1.29, 1.82) is 0 Å². The molecule has 4 rings (SSSR count). The third-order valence-corrected chi connectivity index (χ3v) is 5.73. The minimum atomic E-state index is -0.319. The molecule has 0 aromatic heterocycles. The summed E-state index contributed by atoms with van der Waals surface area (Å²) in [5.41, 5.74) is 3.55. The average Bonchev–Trinajstić information content (AvgIpc) is 2.84. The van der Waals surface area contributed by atoms with Crippen molar-refractivity contribution in [1.82, 2.24) is 4.90 Å². The molecule has 1 heterocycles. The third kappa shape index (κ3) is 4.72. The van der Waals surface area contributed by atoms with Gasteiger partial charge in [-0.3, -0.25) is 4.79 Å². The number of carbonyl (C=O) groups is 1. The van der Waals surface area contributed by atoms with Gasteiger partial charge in [-0.25, -0.2) is 0 Å². The van der Waals surface area contributed by atoms with Gasteiger partial charge in [0.15, 0.2) is 11.5 Å². The smallest absolute Gasteiger partial charge is 0.258 e. The second-order valence-electron chi connectivity index (χ2n) is 7.98. The van der Waals surface area contributed by atoms with Crippen LogP contribution in [0.3, 0.4) is 0 Å². The number of benzene rings is 3. The van der Waals surface area contributed by atoms with Crippen molar-refractivity contribution in [2.45, 2.75) is 38.9 Å². The molecule has 32 heavy (non-hydrogen) atoms. The fourth-order valence-corrected chi connectivity index (χ4v) is 4.01. The molecule has 1 atom stereocenters. The van der Waals surface area contributed by atoms with Crippen LogP contribution in [0, 0.1) is 0 Å². The first kappa shape index (κ1) is 21.8. The lowest BCUT2D eigenvalue weighted by molar-refractivity contribution is 0.0666. The second kappa shape index (κ2) is 10.2. The highest BCUT2D eigenvalue weighted by Crippen LogP contribution is 2.37. The fraction of sp³-hybridized carbons (Fsp3) is 0.296. The molecule has 1 amide bonds. The van der Waals surface area contributed by atoms with Crippen LogP contribution in [0.25, 0.3) is 0 Å². The molecular formula is C27H30N2O3. The van der Waals surface area contributed by atoms with Crippen molar-refractivity contribution >= 4 is 11.6 Å². The summed E-state index contributed by atoms with van der Waals surface area (Å²) in [6.45, 7) is 3.34. The van der Waals surface area contributed by atoms with Gasteiger partial charge in [-0.15, -0.1) is 0 Å². The zero-order chi connectivity index (χ0) is 22.3. The number of rotatable bonds is 9. The van der Waals surface area contributed by atoms with Gasteiger partial charge in [-0.2, -0.15) is 0 Å². The summed E-state index contributed by atoms with van der Waals surface area (Å²) in [4.78, 5) is 15.3. The van der Waals surface area contributed by atoms with Crippen LogP contribution in [0.15, 0.2) is 72.8 Å². The molecule has 0 spiro atoms. The minimum absolute atomic E-state index is 0.00654. The molecule has 0 radical (unpaired) electrons. The first-order chi connectivity index (χ1) is 15.7. The molecular weight excluding hydrogens is 400 g/mol. The molecule has 1 N–H and O–H groups in total. The molecule has 1 unspecified atom stereocenters. The third-order valence-electron chi connectivity index (χ3n) is 5.73. The zero-order valence-electron chi connectivity index (χ0n) is 18.7. The van der Waals surface area contributed by atoms with Gasteiger partial charge in [0.2, 0.25) is 0 Å². The lowest BCUT2D eigenvalue weighted by atomic mass is 10.0. The number of methoxy groups -OCH3 is 1. The van der Waals surface area contributed by atoms with E-state index >= 15 is 0 Å². The quantitative estimate of drug-likeness (QED) is 0.421. The van der Waals surface area contributed by atoms with Crippen molar-refractivity contribution in [3.05, 3.63) is 89.5 Å². The Morgan fingerprint density at radius 1 is 0.938 bits per heavy atom. The Morgan fingerprint density at radius 2 is 1.72 bits per heavy atom. The number of nitrogens with one attached hydrogen (secondary N) is 1. The molecule has 5 heteroatoms. The van der Waals surface area contributed by atoms with Crippen LogP contribution in [-0.2, 0) is 6.54 Å². The van der Waals surface area contributed by atoms with Gasteiger partial charge >= 0.3 is 0 Å². The maximum absolute atomic E-state index is 13.5. The number of fused-ring (bicyclic) bond motifs is 1. The van der Waals surface area contributed by atoms with Crippen LogP contribution in [0.1, 0.15) is 53.8 Å². The molecule has 1 aliphatic rings. The summed E-state index contributed by atoms with van der Waals surface area (Å²) in [7, 11) is 1.65. The Balaban J connectivity index is 1.65. The van der Waals surface area contributed by atoms with Crippen molar-refractivity contribution in [3.8, 4) is 11.5 Å². The summed E-state index contributed by atoms with van der Waals surface area (Å²) in [5, 5.41) is 3.55. The molecule has 0 aliphatic carbocycles. The summed E-state index contributed by atoms with van der Waals surface area (Å²) in [6, 6.07) is 23.6. The first-order valence-electron chi connectivity index (χ1n) is 11.2. The van der Waals surface area contributed by atoms with Gasteiger partial charge in [0.1, 0.15) is 6.17 Å². The van der Waals surface area contributed by atoms with Gasteiger partial charge in [-0.1, -0.05) is 68.3 Å². The van der Waals surface area contributed by atoms with Crippen LogP contribution < -0.4 is 14.8 Å². The van der Waals surface area contributed by atoms with Crippen molar-refractivity contribution in [3.63, 3.8) is 0 Å². The van der Waals surface area contributed by atoms with Gasteiger partial charge in [0, 0.05) is 12.2 Å². The van der Waals surface area contributed by atoms with E-state index in [0.717, 1.165) is 41.8 Å². The maximum atomic E-state index is 13.5. The number of para-hydroxylation sites is 1. The predicted octanol–water partition coefficient (Wildman–Crippen LogP) is 6.03. The van der Waals surface area contributed by atoms with E-state index in [1.54, 1.807) is 7.11 Å². The molecule has 166 valence electrons. The normalized spacial score (nSPS) is 15.1. The number of hydrogen-bond donors (Lipinski definition) is 1. The number of carbonyl (C=O) groups excluding carboxylic acids is 1. The van der Waals surface area contributed by atoms with E-state index in [1.807, 2.05) is 77.7 Å². The molecule has 0 saturated carbocycles. The summed E-state index contributed by atoms with van der Waals surface area (Å²) < 4.78 is 11.6. The van der Waals surface area contributed by atoms with E-state index in [0.29, 0.717) is 24.5 Å². The van der Waals surface area contributed by atoms with Crippen LogP contribution in [0.2, 0.25) is 0 Å². The number of amides is 1. The lowest BCUT2D eigenvalue weighted by Crippen LogP contribution is -2.42. The first-order valence-corrected chi connectivity index (χ1v) is 11.2. The lowest BCUT2D eigenvalue weighted by Gasteiger charge is -2.38. The number of unbranched alkanes of at least 4 members (excludes halogenated alkanes) is 2. The van der Waals surface area contributed by atoms with E-state index in [1.165, 1.54) is 0 Å². The Kier molecular flexibility index (Phi) is 6.95. The average molecular weight is 431 g/mol. The van der Waals surface area contributed by atoms with Crippen molar-refractivity contribution in [2.24, 2.45) is 0 Å². The van der Waals surface area contributed by atoms with E-state index < -0.39 is 0 Å². The number of nitrogens with zero attached hydrogens (tertiary/aromatic N) is 1. The monoisotopic (exact) mass is 430 g/mol. The van der Waals surface area contributed by atoms with Gasteiger partial charge in [-0.05, 0) is 41.8 Å². The topological polar surface area (TPSA) is 50.8 Å². The summed E-state index contributed by atoms with van der Waals surface area (Å²) >= 11 is 0. The van der Waals surface area contributed by atoms with E-state index in [-0.39, 0.29) is 12.1 Å². The Labute approximate surface area is 190 Å². The molecule has 0 bridgehead atoms. The summed E-state index contributed by atoms with van der Waals surface area (Å²) in [5.74, 6) is 1.41. The Hall–Kier alpha value is -3.47. The molecule has 3 aromatic rings. The summed E-state index contributed by atoms with van der Waals surface area (Å²) in [6.07, 6.45) is 2.99. The number of anilines is 1.